The molecule has 0 spiro atoms. The zero-order valence-corrected chi connectivity index (χ0v) is 17.8. The van der Waals surface area contributed by atoms with Crippen LogP contribution in [0.4, 0.5) is 0 Å². The highest BCUT2D eigenvalue weighted by Gasteiger charge is 2.31. The van der Waals surface area contributed by atoms with Crippen molar-refractivity contribution in [2.75, 3.05) is 27.2 Å². The van der Waals surface area contributed by atoms with E-state index in [0.717, 1.165) is 18.4 Å². The fraction of sp³-hybridized carbons (Fsp3) is 0.611. The molecule has 0 aromatic heterocycles. The average Bonchev–Trinajstić information content (AvgIpc) is 2.55. The van der Waals surface area contributed by atoms with E-state index in [1.54, 1.807) is 17.9 Å². The number of sulfonamides is 1. The minimum atomic E-state index is -3.61. The minimum Gasteiger partial charge on any atom is -0.334 e. The third kappa shape index (κ3) is 4.39. The van der Waals surface area contributed by atoms with Gasteiger partial charge in [0.05, 0.1) is 4.90 Å². The Hall–Kier alpha value is -1.15. The zero-order chi connectivity index (χ0) is 18.9. The maximum atomic E-state index is 13.1. The summed E-state index contributed by atoms with van der Waals surface area (Å²) in [6.45, 7) is 6.85. The van der Waals surface area contributed by atoms with Crippen molar-refractivity contribution in [3.8, 4) is 0 Å². The van der Waals surface area contributed by atoms with Crippen molar-refractivity contribution in [3.05, 3.63) is 28.8 Å². The Bertz CT molecular complexity index is 765. The van der Waals surface area contributed by atoms with Crippen molar-refractivity contribution in [3.63, 3.8) is 0 Å². The smallest absolute Gasteiger partial charge is 0.254 e. The Labute approximate surface area is 163 Å². The predicted octanol–water partition coefficient (Wildman–Crippen LogP) is 2.17. The quantitative estimate of drug-likeness (QED) is 0.835. The summed E-state index contributed by atoms with van der Waals surface area (Å²) in [4.78, 5) is 15.0. The Morgan fingerprint density at radius 1 is 1.31 bits per heavy atom. The molecule has 1 saturated heterocycles. The van der Waals surface area contributed by atoms with E-state index in [0.29, 0.717) is 30.1 Å². The molecule has 1 aliphatic heterocycles. The Morgan fingerprint density at radius 2 is 1.92 bits per heavy atom. The van der Waals surface area contributed by atoms with Gasteiger partial charge in [0.15, 0.2) is 0 Å². The van der Waals surface area contributed by atoms with Gasteiger partial charge < -0.3 is 10.6 Å². The minimum absolute atomic E-state index is 0. The number of hydrogen-bond acceptors (Lipinski definition) is 4. The summed E-state index contributed by atoms with van der Waals surface area (Å²) >= 11 is 0. The maximum Gasteiger partial charge on any atom is 0.254 e. The van der Waals surface area contributed by atoms with Crippen LogP contribution in [0.3, 0.4) is 0 Å². The number of hydrogen-bond donors (Lipinski definition) is 1. The average molecular weight is 404 g/mol. The van der Waals surface area contributed by atoms with Crippen LogP contribution in [0.5, 0.6) is 0 Å². The van der Waals surface area contributed by atoms with Crippen molar-refractivity contribution in [1.82, 2.24) is 9.21 Å². The van der Waals surface area contributed by atoms with Crippen LogP contribution in [0.1, 0.15) is 41.3 Å². The third-order valence-corrected chi connectivity index (χ3v) is 7.08. The molecule has 0 saturated carbocycles. The molecule has 1 aliphatic rings. The monoisotopic (exact) mass is 403 g/mol. The summed E-state index contributed by atoms with van der Waals surface area (Å²) in [6.07, 6.45) is 1.83. The molecular formula is C18H30ClN3O3S. The van der Waals surface area contributed by atoms with E-state index in [2.05, 4.69) is 6.92 Å². The van der Waals surface area contributed by atoms with Crippen LogP contribution >= 0.6 is 12.4 Å². The van der Waals surface area contributed by atoms with Crippen molar-refractivity contribution in [1.29, 1.82) is 0 Å². The van der Waals surface area contributed by atoms with Crippen LogP contribution in [0.2, 0.25) is 0 Å². The van der Waals surface area contributed by atoms with Crippen molar-refractivity contribution in [2.24, 2.45) is 11.7 Å². The fourth-order valence-electron chi connectivity index (χ4n) is 3.32. The lowest BCUT2D eigenvalue weighted by Gasteiger charge is -2.38. The van der Waals surface area contributed by atoms with Crippen molar-refractivity contribution < 1.29 is 13.2 Å². The number of nitrogens with zero attached hydrogens (tertiary/aromatic N) is 2. The summed E-state index contributed by atoms with van der Waals surface area (Å²) < 4.78 is 26.4. The maximum absolute atomic E-state index is 13.1. The first-order valence-corrected chi connectivity index (χ1v) is 10.1. The Morgan fingerprint density at radius 3 is 2.46 bits per heavy atom. The molecule has 0 aliphatic carbocycles. The van der Waals surface area contributed by atoms with Gasteiger partial charge in [0.2, 0.25) is 10.0 Å². The van der Waals surface area contributed by atoms with E-state index in [-0.39, 0.29) is 29.3 Å². The summed E-state index contributed by atoms with van der Waals surface area (Å²) in [7, 11) is -0.617. The van der Waals surface area contributed by atoms with Gasteiger partial charge in [-0.2, -0.15) is 0 Å². The molecule has 2 unspecified atom stereocenters. The molecule has 1 amide bonds. The van der Waals surface area contributed by atoms with Crippen LogP contribution < -0.4 is 5.73 Å². The lowest BCUT2D eigenvalue weighted by Crippen LogP contribution is -2.49. The molecule has 2 rings (SSSR count). The molecule has 1 heterocycles. The number of nitrogens with two attached hydrogens (primary N) is 1. The molecule has 2 N–H and O–H groups in total. The van der Waals surface area contributed by atoms with Gasteiger partial charge >= 0.3 is 0 Å². The van der Waals surface area contributed by atoms with Gasteiger partial charge in [-0.1, -0.05) is 6.92 Å². The summed E-state index contributed by atoms with van der Waals surface area (Å²) in [5.41, 5.74) is 7.75. The van der Waals surface area contributed by atoms with Gasteiger partial charge in [-0.3, -0.25) is 4.79 Å². The first-order chi connectivity index (χ1) is 11.6. The number of rotatable bonds is 4. The van der Waals surface area contributed by atoms with Gasteiger partial charge in [0.25, 0.3) is 5.91 Å². The second-order valence-corrected chi connectivity index (χ2v) is 9.34. The molecule has 8 heteroatoms. The number of halogens is 1. The Kier molecular flexibility index (Phi) is 7.65. The highest BCUT2D eigenvalue weighted by Crippen LogP contribution is 2.27. The lowest BCUT2D eigenvalue weighted by atomic mass is 9.91. The molecule has 1 aromatic carbocycles. The first-order valence-electron chi connectivity index (χ1n) is 8.64. The van der Waals surface area contributed by atoms with Crippen molar-refractivity contribution in [2.45, 2.75) is 44.6 Å². The van der Waals surface area contributed by atoms with E-state index < -0.39 is 10.0 Å². The second-order valence-electron chi connectivity index (χ2n) is 7.22. The zero-order valence-electron chi connectivity index (χ0n) is 16.2. The number of amides is 1. The van der Waals surface area contributed by atoms with Gasteiger partial charge in [0, 0.05) is 38.8 Å². The lowest BCUT2D eigenvalue weighted by molar-refractivity contribution is 0.0573. The number of benzene rings is 1. The van der Waals surface area contributed by atoms with E-state index in [9.17, 15) is 13.2 Å². The van der Waals surface area contributed by atoms with Crippen LogP contribution in [0.15, 0.2) is 17.0 Å². The largest absolute Gasteiger partial charge is 0.334 e. The number of carbonyl (C=O) groups is 1. The SMILES string of the molecule is Cc1cc(C(=O)N2CCC(C)CC2CN)cc(S(=O)(=O)N(C)C)c1C.Cl. The molecule has 26 heavy (non-hydrogen) atoms. The second kappa shape index (κ2) is 8.69. The number of aryl methyl sites for hydroxylation is 1. The summed E-state index contributed by atoms with van der Waals surface area (Å²) in [5, 5.41) is 0. The number of piperidine rings is 1. The standard InChI is InChI=1S/C18H29N3O3S.ClH/c1-12-6-7-21(16(8-12)11-19)18(22)15-9-13(2)14(3)17(10-15)25(23,24)20(4)5;/h9-10,12,16H,6-8,11,19H2,1-5H3;1H. The topological polar surface area (TPSA) is 83.7 Å². The van der Waals surface area contributed by atoms with Crippen molar-refractivity contribution >= 4 is 28.3 Å². The normalized spacial score (nSPS) is 20.8. The molecular weight excluding hydrogens is 374 g/mol. The highest BCUT2D eigenvalue weighted by molar-refractivity contribution is 7.89. The van der Waals surface area contributed by atoms with Gasteiger partial charge in [-0.25, -0.2) is 12.7 Å². The van der Waals surface area contributed by atoms with Gasteiger partial charge in [-0.05, 0) is 55.9 Å². The summed E-state index contributed by atoms with van der Waals surface area (Å²) in [6, 6.07) is 3.29. The molecule has 148 valence electrons. The first kappa shape index (κ1) is 22.9. The molecule has 0 radical (unpaired) electrons. The fourth-order valence-corrected chi connectivity index (χ4v) is 4.54. The number of carbonyl (C=O) groups excluding carboxylic acids is 1. The molecule has 1 fully saturated rings. The van der Waals surface area contributed by atoms with Gasteiger partial charge in [-0.15, -0.1) is 12.4 Å². The Balaban J connectivity index is 0.00000338. The predicted molar refractivity (Wildman–Crippen MR) is 106 cm³/mol. The van der Waals surface area contributed by atoms with Crippen LogP contribution in [-0.4, -0.2) is 56.8 Å². The van der Waals surface area contributed by atoms with Crippen LogP contribution in [-0.2, 0) is 10.0 Å². The van der Waals surface area contributed by atoms with E-state index in [1.807, 2.05) is 6.92 Å². The third-order valence-electron chi connectivity index (χ3n) is 5.14. The summed E-state index contributed by atoms with van der Waals surface area (Å²) in [5.74, 6) is 0.405. The van der Waals surface area contributed by atoms with E-state index in [1.165, 1.54) is 24.5 Å². The van der Waals surface area contributed by atoms with Crippen LogP contribution in [0, 0.1) is 19.8 Å². The van der Waals surface area contributed by atoms with Gasteiger partial charge in [0.1, 0.15) is 0 Å². The van der Waals surface area contributed by atoms with E-state index in [4.69, 9.17) is 5.73 Å². The number of likely N-dealkylation sites (tertiary alicyclic amines) is 1. The molecule has 6 nitrogen and oxygen atoms in total. The molecule has 0 bridgehead atoms. The molecule has 2 atom stereocenters. The van der Waals surface area contributed by atoms with E-state index >= 15 is 0 Å². The highest BCUT2D eigenvalue weighted by atomic mass is 35.5. The molecule has 1 aromatic rings. The van der Waals surface area contributed by atoms with Crippen LogP contribution in [0.25, 0.3) is 0 Å².